The van der Waals surface area contributed by atoms with Crippen LogP contribution in [0, 0.1) is 5.92 Å². The Kier molecular flexibility index (Phi) is 8.36. The molecule has 3 unspecified atom stereocenters. The van der Waals surface area contributed by atoms with E-state index in [1.165, 1.54) is 17.5 Å². The Hall–Kier alpha value is -2.62. The molecule has 4 rings (SSSR count). The number of phenolic OH excluding ortho intramolecular Hbond substituents is 2. The molecule has 0 amide bonds. The monoisotopic (exact) mass is 530 g/mol. The van der Waals surface area contributed by atoms with Crippen molar-refractivity contribution in [3.05, 3.63) is 57.6 Å². The molecule has 0 aliphatic heterocycles. The fraction of sp³-hybridized carbons (Fsp3) is 0.600. The zero-order valence-corrected chi connectivity index (χ0v) is 25.6. The number of fused-ring (bicyclic) bond motifs is 2. The first-order chi connectivity index (χ1) is 18.3. The largest absolute Gasteiger partial charge is 0.507 e. The van der Waals surface area contributed by atoms with Crippen LogP contribution in [-0.2, 0) is 23.7 Å². The van der Waals surface area contributed by atoms with E-state index in [0.29, 0.717) is 17.4 Å². The van der Waals surface area contributed by atoms with Crippen LogP contribution in [0.3, 0.4) is 0 Å². The fourth-order valence-corrected chi connectivity index (χ4v) is 6.61. The number of aliphatic imine (C=N–C) groups is 2. The Morgan fingerprint density at radius 3 is 1.79 bits per heavy atom. The number of aryl methyl sites for hydroxylation is 2. The van der Waals surface area contributed by atoms with Crippen molar-refractivity contribution in [2.75, 3.05) is 0 Å². The molecule has 2 N–H and O–H groups in total. The van der Waals surface area contributed by atoms with Crippen LogP contribution < -0.4 is 0 Å². The maximum atomic E-state index is 11.2. The van der Waals surface area contributed by atoms with Crippen molar-refractivity contribution in [2.45, 2.75) is 129 Å². The van der Waals surface area contributed by atoms with Crippen LogP contribution in [0.1, 0.15) is 127 Å². The van der Waals surface area contributed by atoms with Crippen LogP contribution >= 0.6 is 0 Å². The van der Waals surface area contributed by atoms with Gasteiger partial charge in [-0.25, -0.2) is 0 Å². The Balaban J connectivity index is 1.68. The smallest absolute Gasteiger partial charge is 0.128 e. The first-order valence-corrected chi connectivity index (χ1v) is 15.1. The van der Waals surface area contributed by atoms with Crippen LogP contribution in [0.5, 0.6) is 11.5 Å². The van der Waals surface area contributed by atoms with Gasteiger partial charge in [0.15, 0.2) is 0 Å². The van der Waals surface area contributed by atoms with Crippen LogP contribution in [-0.4, -0.2) is 34.2 Å². The van der Waals surface area contributed by atoms with Gasteiger partial charge in [0.05, 0.1) is 11.6 Å². The molecule has 0 heterocycles. The van der Waals surface area contributed by atoms with E-state index in [-0.39, 0.29) is 22.4 Å². The maximum absolute atomic E-state index is 11.2. The third-order valence-electron chi connectivity index (χ3n) is 8.75. The number of aromatic hydroxyl groups is 2. The van der Waals surface area contributed by atoms with Gasteiger partial charge in [0.2, 0.25) is 0 Å². The lowest BCUT2D eigenvalue weighted by Crippen LogP contribution is -2.34. The third kappa shape index (κ3) is 6.26. The molecule has 212 valence electrons. The number of nitrogens with zero attached hydrogens (tertiary/aromatic N) is 2. The molecule has 2 aromatic carbocycles. The molecule has 2 saturated carbocycles. The predicted octanol–water partition coefficient (Wildman–Crippen LogP) is 8.45. The van der Waals surface area contributed by atoms with Gasteiger partial charge in [0, 0.05) is 34.7 Å². The summed E-state index contributed by atoms with van der Waals surface area (Å²) in [6, 6.07) is 8.62. The number of rotatable bonds is 8. The normalized spacial score (nSPS) is 23.5. The molecule has 2 aliphatic rings. The minimum atomic E-state index is -0.236. The van der Waals surface area contributed by atoms with Crippen molar-refractivity contribution in [3.63, 3.8) is 0 Å². The average molecular weight is 531 g/mol. The summed E-state index contributed by atoms with van der Waals surface area (Å²) in [6.45, 7) is 17.3. The van der Waals surface area contributed by atoms with E-state index in [1.54, 1.807) is 0 Å². The maximum Gasteiger partial charge on any atom is 0.128 e. The Morgan fingerprint density at radius 1 is 0.821 bits per heavy atom. The first kappa shape index (κ1) is 29.4. The van der Waals surface area contributed by atoms with Crippen molar-refractivity contribution in [3.8, 4) is 11.5 Å². The van der Waals surface area contributed by atoms with Crippen molar-refractivity contribution in [2.24, 2.45) is 15.9 Å². The van der Waals surface area contributed by atoms with E-state index >= 15 is 0 Å². The Labute approximate surface area is 236 Å². The van der Waals surface area contributed by atoms with Crippen LogP contribution in [0.2, 0.25) is 0 Å². The Morgan fingerprint density at radius 2 is 1.33 bits per heavy atom. The molecular formula is C35H50N2O2. The second-order valence-corrected chi connectivity index (χ2v) is 14.2. The molecule has 4 nitrogen and oxygen atoms in total. The summed E-state index contributed by atoms with van der Waals surface area (Å²) in [5, 5.41) is 22.4. The van der Waals surface area contributed by atoms with Crippen molar-refractivity contribution < 1.29 is 10.2 Å². The number of phenols is 2. The van der Waals surface area contributed by atoms with E-state index < -0.39 is 0 Å². The molecule has 0 aromatic heterocycles. The molecule has 2 bridgehead atoms. The highest BCUT2D eigenvalue weighted by Gasteiger charge is 2.52. The fourth-order valence-electron chi connectivity index (χ4n) is 6.61. The molecule has 3 atom stereocenters. The van der Waals surface area contributed by atoms with E-state index in [0.717, 1.165) is 67.2 Å². The number of hydrogen-bond donors (Lipinski definition) is 2. The standard InChI is InChI=1S/C35H50N2O2/c1-9-11-23-15-26(31(38)28(17-23)33(3,4)5)21-36-30-19-25-13-14-35(30,20-25)37-22-27-16-24(12-10-2)18-29(32(27)39)34(6,7)8/h15-18,21-22,25,30,38-39H,9-14,19-20H2,1-8H3. The number of hydrogen-bond acceptors (Lipinski definition) is 4. The molecule has 2 fully saturated rings. The topological polar surface area (TPSA) is 65.2 Å². The molecule has 2 aliphatic carbocycles. The van der Waals surface area contributed by atoms with Crippen molar-refractivity contribution in [1.29, 1.82) is 0 Å². The van der Waals surface area contributed by atoms with Gasteiger partial charge in [-0.2, -0.15) is 0 Å². The van der Waals surface area contributed by atoms with Gasteiger partial charge in [0.1, 0.15) is 11.5 Å². The summed E-state index contributed by atoms with van der Waals surface area (Å²) >= 11 is 0. The van der Waals surface area contributed by atoms with E-state index in [1.807, 2.05) is 12.4 Å². The molecule has 0 spiro atoms. The number of benzene rings is 2. The van der Waals surface area contributed by atoms with Crippen molar-refractivity contribution >= 4 is 12.4 Å². The van der Waals surface area contributed by atoms with Gasteiger partial charge in [0.25, 0.3) is 0 Å². The lowest BCUT2D eigenvalue weighted by molar-refractivity contribution is 0.367. The molecular weight excluding hydrogens is 480 g/mol. The molecule has 4 heteroatoms. The van der Waals surface area contributed by atoms with Crippen LogP contribution in [0.25, 0.3) is 0 Å². The van der Waals surface area contributed by atoms with E-state index in [4.69, 9.17) is 9.98 Å². The van der Waals surface area contributed by atoms with E-state index in [2.05, 4.69) is 79.7 Å². The highest BCUT2D eigenvalue weighted by molar-refractivity contribution is 5.86. The summed E-state index contributed by atoms with van der Waals surface area (Å²) < 4.78 is 0. The van der Waals surface area contributed by atoms with Crippen LogP contribution in [0.4, 0.5) is 0 Å². The van der Waals surface area contributed by atoms with Gasteiger partial charge >= 0.3 is 0 Å². The summed E-state index contributed by atoms with van der Waals surface area (Å²) in [4.78, 5) is 10.3. The zero-order valence-electron chi connectivity index (χ0n) is 25.6. The molecule has 0 radical (unpaired) electrons. The minimum Gasteiger partial charge on any atom is -0.507 e. The lowest BCUT2D eigenvalue weighted by Gasteiger charge is -2.29. The van der Waals surface area contributed by atoms with Gasteiger partial charge in [-0.05, 0) is 78.5 Å². The second-order valence-electron chi connectivity index (χ2n) is 14.2. The Bertz CT molecular complexity index is 1240. The SMILES string of the molecule is CCCc1cc(C=NC2CC3CCC2(N=Cc2cc(CCC)cc(C(C)(C)C)c2O)C3)c(O)c(C(C)(C)C)c1. The van der Waals surface area contributed by atoms with Crippen molar-refractivity contribution in [1.82, 2.24) is 0 Å². The molecule has 2 aromatic rings. The summed E-state index contributed by atoms with van der Waals surface area (Å²) in [6.07, 6.45) is 12.2. The summed E-state index contributed by atoms with van der Waals surface area (Å²) in [5.74, 6) is 1.33. The molecule has 0 saturated heterocycles. The van der Waals surface area contributed by atoms with Gasteiger partial charge in [-0.15, -0.1) is 0 Å². The summed E-state index contributed by atoms with van der Waals surface area (Å²) in [7, 11) is 0. The third-order valence-corrected chi connectivity index (χ3v) is 8.75. The first-order valence-electron chi connectivity index (χ1n) is 15.1. The van der Waals surface area contributed by atoms with Crippen LogP contribution in [0.15, 0.2) is 34.3 Å². The summed E-state index contributed by atoms with van der Waals surface area (Å²) in [5.41, 5.74) is 5.57. The van der Waals surface area contributed by atoms with Gasteiger partial charge in [-0.3, -0.25) is 9.98 Å². The highest BCUT2D eigenvalue weighted by Crippen LogP contribution is 2.52. The van der Waals surface area contributed by atoms with Gasteiger partial charge < -0.3 is 10.2 Å². The zero-order chi connectivity index (χ0) is 28.6. The minimum absolute atomic E-state index is 0.0860. The highest BCUT2D eigenvalue weighted by atomic mass is 16.3. The van der Waals surface area contributed by atoms with Gasteiger partial charge in [-0.1, -0.05) is 80.4 Å². The quantitative estimate of drug-likeness (QED) is 0.336. The van der Waals surface area contributed by atoms with E-state index in [9.17, 15) is 10.2 Å². The average Bonchev–Trinajstić information content (AvgIpc) is 3.41. The second kappa shape index (κ2) is 11.1. The molecule has 39 heavy (non-hydrogen) atoms. The predicted molar refractivity (Wildman–Crippen MR) is 165 cm³/mol. The lowest BCUT2D eigenvalue weighted by atomic mass is 9.83.